The van der Waals surface area contributed by atoms with Crippen LogP contribution in [0.3, 0.4) is 0 Å². The Balaban J connectivity index is 2.35. The molecule has 0 aromatic carbocycles. The van der Waals surface area contributed by atoms with E-state index in [9.17, 15) is 0 Å². The number of hydrogen-bond acceptors (Lipinski definition) is 4. The summed E-state index contributed by atoms with van der Waals surface area (Å²) < 4.78 is 0.789. The van der Waals surface area contributed by atoms with Gasteiger partial charge < -0.3 is 5.73 Å². The zero-order chi connectivity index (χ0) is 9.26. The lowest BCUT2D eigenvalue weighted by Gasteiger charge is -1.87. The number of hydrogen-bond donors (Lipinski definition) is 1. The third-order valence-corrected chi connectivity index (χ3v) is 3.55. The van der Waals surface area contributed by atoms with E-state index in [1.165, 1.54) is 11.3 Å². The molecule has 2 heterocycles. The van der Waals surface area contributed by atoms with Crippen LogP contribution in [0.15, 0.2) is 16.8 Å². The average molecular weight is 231 g/mol. The molecule has 13 heavy (non-hydrogen) atoms. The summed E-state index contributed by atoms with van der Waals surface area (Å²) >= 11 is 8.91. The van der Waals surface area contributed by atoms with Crippen LogP contribution < -0.4 is 5.73 Å². The molecule has 0 aliphatic heterocycles. The number of thiazole rings is 1. The van der Waals surface area contributed by atoms with Crippen LogP contribution in [0.5, 0.6) is 0 Å². The van der Waals surface area contributed by atoms with Crippen molar-refractivity contribution < 1.29 is 0 Å². The van der Waals surface area contributed by atoms with Gasteiger partial charge in [0.25, 0.3) is 0 Å². The Kier molecular flexibility index (Phi) is 2.64. The first kappa shape index (κ1) is 9.15. The molecule has 0 unspecified atom stereocenters. The molecule has 0 fully saturated rings. The zero-order valence-electron chi connectivity index (χ0n) is 6.66. The molecule has 0 amide bonds. The molecule has 68 valence electrons. The summed E-state index contributed by atoms with van der Waals surface area (Å²) in [5.74, 6) is 0. The lowest BCUT2D eigenvalue weighted by Crippen LogP contribution is -1.94. The van der Waals surface area contributed by atoms with Crippen LogP contribution in [0, 0.1) is 0 Å². The van der Waals surface area contributed by atoms with E-state index in [0.29, 0.717) is 6.54 Å². The number of aromatic nitrogens is 1. The largest absolute Gasteiger partial charge is 0.325 e. The Labute approximate surface area is 89.0 Å². The van der Waals surface area contributed by atoms with E-state index in [1.54, 1.807) is 11.3 Å². The highest BCUT2D eigenvalue weighted by atomic mass is 35.5. The fraction of sp³-hybridized carbons (Fsp3) is 0.125. The molecule has 0 atom stereocenters. The lowest BCUT2D eigenvalue weighted by atomic mass is 10.3. The van der Waals surface area contributed by atoms with Crippen molar-refractivity contribution in [3.63, 3.8) is 0 Å². The Morgan fingerprint density at radius 1 is 1.38 bits per heavy atom. The fourth-order valence-electron chi connectivity index (χ4n) is 0.982. The van der Waals surface area contributed by atoms with Crippen molar-refractivity contribution in [2.45, 2.75) is 6.54 Å². The second kappa shape index (κ2) is 3.75. The minimum Gasteiger partial charge on any atom is -0.325 e. The quantitative estimate of drug-likeness (QED) is 0.862. The highest BCUT2D eigenvalue weighted by Gasteiger charge is 2.04. The molecule has 0 saturated carbocycles. The summed E-state index contributed by atoms with van der Waals surface area (Å²) in [5.41, 5.74) is 7.51. The highest BCUT2D eigenvalue weighted by Crippen LogP contribution is 2.29. The number of thiophene rings is 1. The molecule has 0 aliphatic rings. The van der Waals surface area contributed by atoms with Crippen molar-refractivity contribution >= 4 is 34.3 Å². The molecule has 0 radical (unpaired) electrons. The van der Waals surface area contributed by atoms with E-state index in [0.717, 1.165) is 20.6 Å². The van der Waals surface area contributed by atoms with Crippen LogP contribution in [0.1, 0.15) is 5.01 Å². The average Bonchev–Trinajstić information content (AvgIpc) is 2.71. The van der Waals surface area contributed by atoms with Crippen molar-refractivity contribution in [1.82, 2.24) is 4.98 Å². The van der Waals surface area contributed by atoms with Gasteiger partial charge in [-0.1, -0.05) is 11.6 Å². The molecule has 0 aliphatic carbocycles. The Bertz CT molecular complexity index is 408. The van der Waals surface area contributed by atoms with E-state index in [1.807, 2.05) is 16.8 Å². The maximum atomic E-state index is 5.82. The molecular formula is C8H7ClN2S2. The van der Waals surface area contributed by atoms with E-state index in [4.69, 9.17) is 17.3 Å². The van der Waals surface area contributed by atoms with Gasteiger partial charge in [-0.2, -0.15) is 0 Å². The van der Waals surface area contributed by atoms with Crippen LogP contribution >= 0.6 is 34.3 Å². The van der Waals surface area contributed by atoms with Crippen LogP contribution in [-0.2, 0) is 6.54 Å². The Hall–Kier alpha value is -0.420. The molecule has 0 saturated heterocycles. The van der Waals surface area contributed by atoms with Gasteiger partial charge in [0.05, 0.1) is 10.0 Å². The Morgan fingerprint density at radius 2 is 2.23 bits per heavy atom. The summed E-state index contributed by atoms with van der Waals surface area (Å²) in [7, 11) is 0. The summed E-state index contributed by atoms with van der Waals surface area (Å²) in [6.07, 6.45) is 0. The van der Waals surface area contributed by atoms with E-state index in [2.05, 4.69) is 4.98 Å². The number of nitrogens with two attached hydrogens (primary N) is 1. The van der Waals surface area contributed by atoms with Crippen LogP contribution in [0.4, 0.5) is 0 Å². The minimum absolute atomic E-state index is 0.503. The third-order valence-electron chi connectivity index (χ3n) is 1.59. The predicted molar refractivity (Wildman–Crippen MR) is 58.3 cm³/mol. The number of rotatable bonds is 2. The maximum Gasteiger partial charge on any atom is 0.107 e. The van der Waals surface area contributed by atoms with E-state index >= 15 is 0 Å². The third kappa shape index (κ3) is 1.91. The minimum atomic E-state index is 0.503. The summed E-state index contributed by atoms with van der Waals surface area (Å²) in [4.78, 5) is 4.35. The zero-order valence-corrected chi connectivity index (χ0v) is 9.05. The van der Waals surface area contributed by atoms with Crippen molar-refractivity contribution in [2.24, 2.45) is 5.73 Å². The lowest BCUT2D eigenvalue weighted by molar-refractivity contribution is 1.04. The fourth-order valence-corrected chi connectivity index (χ4v) is 2.54. The molecule has 2 N–H and O–H groups in total. The van der Waals surface area contributed by atoms with Crippen LogP contribution in [0.25, 0.3) is 11.3 Å². The van der Waals surface area contributed by atoms with Crippen molar-refractivity contribution in [3.8, 4) is 11.3 Å². The van der Waals surface area contributed by atoms with Gasteiger partial charge in [-0.25, -0.2) is 4.98 Å². The molecule has 2 aromatic heterocycles. The van der Waals surface area contributed by atoms with Gasteiger partial charge in [-0.15, -0.1) is 22.7 Å². The first-order valence-corrected chi connectivity index (χ1v) is 5.82. The maximum absolute atomic E-state index is 5.82. The summed E-state index contributed by atoms with van der Waals surface area (Å²) in [6, 6.07) is 1.92. The molecule has 5 heteroatoms. The van der Waals surface area contributed by atoms with Crippen molar-refractivity contribution in [1.29, 1.82) is 0 Å². The predicted octanol–water partition coefficient (Wildman–Crippen LogP) is 2.98. The van der Waals surface area contributed by atoms with Crippen LogP contribution in [0.2, 0.25) is 4.34 Å². The van der Waals surface area contributed by atoms with E-state index in [-0.39, 0.29) is 0 Å². The van der Waals surface area contributed by atoms with Crippen molar-refractivity contribution in [2.75, 3.05) is 0 Å². The summed E-state index contributed by atoms with van der Waals surface area (Å²) in [5, 5.41) is 4.95. The first-order valence-electron chi connectivity index (χ1n) is 3.68. The smallest absolute Gasteiger partial charge is 0.107 e. The molecule has 2 nitrogen and oxygen atoms in total. The molecular weight excluding hydrogens is 224 g/mol. The molecule has 2 rings (SSSR count). The molecule has 2 aromatic rings. The number of halogens is 1. The molecule has 0 spiro atoms. The molecule has 0 bridgehead atoms. The van der Waals surface area contributed by atoms with Crippen molar-refractivity contribution in [3.05, 3.63) is 26.2 Å². The topological polar surface area (TPSA) is 38.9 Å². The van der Waals surface area contributed by atoms with Gasteiger partial charge in [0, 0.05) is 22.9 Å². The second-order valence-corrected chi connectivity index (χ2v) is 4.96. The van der Waals surface area contributed by atoms with Gasteiger partial charge in [0.1, 0.15) is 5.01 Å². The van der Waals surface area contributed by atoms with Gasteiger partial charge >= 0.3 is 0 Å². The van der Waals surface area contributed by atoms with Gasteiger partial charge in [0.2, 0.25) is 0 Å². The van der Waals surface area contributed by atoms with Gasteiger partial charge in [-0.3, -0.25) is 0 Å². The number of nitrogens with zero attached hydrogens (tertiary/aromatic N) is 1. The summed E-state index contributed by atoms with van der Waals surface area (Å²) in [6.45, 7) is 0.503. The Morgan fingerprint density at radius 3 is 2.77 bits per heavy atom. The second-order valence-electron chi connectivity index (χ2n) is 2.47. The van der Waals surface area contributed by atoms with Gasteiger partial charge in [0.15, 0.2) is 0 Å². The standard InChI is InChI=1S/C8H7ClN2S2/c9-7-1-5(3-12-7)6-4-13-8(2-10)11-6/h1,3-4H,2,10H2. The SMILES string of the molecule is NCc1nc(-c2csc(Cl)c2)cs1. The monoisotopic (exact) mass is 230 g/mol. The van der Waals surface area contributed by atoms with Crippen LogP contribution in [-0.4, -0.2) is 4.98 Å². The van der Waals surface area contributed by atoms with Gasteiger partial charge in [-0.05, 0) is 6.07 Å². The first-order chi connectivity index (χ1) is 6.29. The normalized spacial score (nSPS) is 10.6. The highest BCUT2D eigenvalue weighted by molar-refractivity contribution is 7.14. The van der Waals surface area contributed by atoms with E-state index < -0.39 is 0 Å².